The number of benzene rings is 1. The smallest absolute Gasteiger partial charge is 0.416 e. The molecule has 0 saturated heterocycles. The standard InChI is InChI=1S/C14H16ClF3.C14H24O.C2H6/c1-3-5-10(6-4-2)12-9-11(14(16,17)18)7-8-13(12)15;1-4-5-11-14(15-3)13-10-8-6-7-9-12(13)2;1-2/h5,7-9H,3-4,6H2,1-2H3;2,4-11H2,1,3H3;1-2H3/b10-5+;14-13-;. The molecule has 0 amide bonds. The van der Waals surface area contributed by atoms with E-state index in [1.165, 1.54) is 61.5 Å². The quantitative estimate of drug-likeness (QED) is 0.247. The summed E-state index contributed by atoms with van der Waals surface area (Å²) in [5.41, 5.74) is 3.47. The predicted molar refractivity (Wildman–Crippen MR) is 147 cm³/mol. The summed E-state index contributed by atoms with van der Waals surface area (Å²) < 4.78 is 43.6. The van der Waals surface area contributed by atoms with Gasteiger partial charge in [0, 0.05) is 11.4 Å². The summed E-state index contributed by atoms with van der Waals surface area (Å²) in [7, 11) is 1.80. The summed E-state index contributed by atoms with van der Waals surface area (Å²) >= 11 is 6.00. The van der Waals surface area contributed by atoms with Crippen LogP contribution in [0.3, 0.4) is 0 Å². The fraction of sp³-hybridized carbons (Fsp3) is 0.600. The van der Waals surface area contributed by atoms with Gasteiger partial charge in [-0.1, -0.05) is 78.1 Å². The van der Waals surface area contributed by atoms with Crippen LogP contribution in [0.25, 0.3) is 5.57 Å². The van der Waals surface area contributed by atoms with Gasteiger partial charge in [-0.05, 0) is 85.4 Å². The van der Waals surface area contributed by atoms with E-state index < -0.39 is 11.7 Å². The molecular formula is C30H46ClF3O. The van der Waals surface area contributed by atoms with Crippen molar-refractivity contribution in [2.45, 2.75) is 111 Å². The van der Waals surface area contributed by atoms with Crippen LogP contribution in [0.2, 0.25) is 5.02 Å². The molecule has 0 radical (unpaired) electrons. The number of halogens is 4. The highest BCUT2D eigenvalue weighted by molar-refractivity contribution is 6.32. The van der Waals surface area contributed by atoms with Crippen molar-refractivity contribution < 1.29 is 17.9 Å². The third-order valence-corrected chi connectivity index (χ3v) is 6.11. The van der Waals surface area contributed by atoms with E-state index in [1.54, 1.807) is 7.11 Å². The fourth-order valence-electron chi connectivity index (χ4n) is 4.00. The average Bonchev–Trinajstić information content (AvgIpc) is 3.05. The highest BCUT2D eigenvalue weighted by Gasteiger charge is 2.31. The van der Waals surface area contributed by atoms with E-state index in [-0.39, 0.29) is 0 Å². The maximum Gasteiger partial charge on any atom is 0.416 e. The minimum atomic E-state index is -4.33. The van der Waals surface area contributed by atoms with Gasteiger partial charge >= 0.3 is 6.18 Å². The second-order valence-electron chi connectivity index (χ2n) is 8.45. The lowest BCUT2D eigenvalue weighted by atomic mass is 9.98. The van der Waals surface area contributed by atoms with Gasteiger partial charge in [-0.25, -0.2) is 0 Å². The van der Waals surface area contributed by atoms with Crippen LogP contribution >= 0.6 is 11.6 Å². The fourth-order valence-corrected chi connectivity index (χ4v) is 4.24. The van der Waals surface area contributed by atoms with Crippen molar-refractivity contribution in [2.75, 3.05) is 7.11 Å². The molecule has 1 aliphatic carbocycles. The third-order valence-electron chi connectivity index (χ3n) is 5.78. The summed E-state index contributed by atoms with van der Waals surface area (Å²) in [6, 6.07) is 3.47. The lowest BCUT2D eigenvalue weighted by molar-refractivity contribution is -0.137. The van der Waals surface area contributed by atoms with Gasteiger partial charge in [0.2, 0.25) is 0 Å². The van der Waals surface area contributed by atoms with Crippen molar-refractivity contribution in [3.63, 3.8) is 0 Å². The second-order valence-corrected chi connectivity index (χ2v) is 8.86. The summed E-state index contributed by atoms with van der Waals surface area (Å²) in [4.78, 5) is 0. The molecule has 1 aliphatic rings. The Morgan fingerprint density at radius 1 is 1.03 bits per heavy atom. The first-order chi connectivity index (χ1) is 16.7. The molecule has 0 aliphatic heterocycles. The summed E-state index contributed by atoms with van der Waals surface area (Å²) in [6.07, 6.45) is 9.80. The average molecular weight is 515 g/mol. The van der Waals surface area contributed by atoms with Gasteiger partial charge in [0.25, 0.3) is 0 Å². The van der Waals surface area contributed by atoms with Gasteiger partial charge in [-0.15, -0.1) is 0 Å². The first-order valence-electron chi connectivity index (χ1n) is 13.2. The van der Waals surface area contributed by atoms with Gasteiger partial charge in [0.15, 0.2) is 0 Å². The van der Waals surface area contributed by atoms with E-state index in [4.69, 9.17) is 16.3 Å². The molecule has 0 spiro atoms. The van der Waals surface area contributed by atoms with E-state index >= 15 is 0 Å². The molecule has 1 nitrogen and oxygen atoms in total. The number of rotatable bonds is 8. The molecule has 0 bridgehead atoms. The monoisotopic (exact) mass is 514 g/mol. The number of allylic oxidation sites excluding steroid dienone is 5. The Kier molecular flexibility index (Phi) is 17.7. The lowest BCUT2D eigenvalue weighted by Gasteiger charge is -2.14. The largest absolute Gasteiger partial charge is 0.501 e. The summed E-state index contributed by atoms with van der Waals surface area (Å²) in [5.74, 6) is 1.20. The van der Waals surface area contributed by atoms with E-state index in [2.05, 4.69) is 13.5 Å². The number of alkyl halides is 3. The maximum atomic E-state index is 12.7. The Bertz CT molecular complexity index is 806. The van der Waals surface area contributed by atoms with E-state index in [0.29, 0.717) is 10.6 Å². The van der Waals surface area contributed by atoms with Crippen molar-refractivity contribution >= 4 is 17.2 Å². The van der Waals surface area contributed by atoms with Crippen LogP contribution in [-0.4, -0.2) is 7.11 Å². The van der Waals surface area contributed by atoms with Gasteiger partial charge in [0.05, 0.1) is 18.4 Å². The number of hydrogen-bond donors (Lipinski definition) is 0. The summed E-state index contributed by atoms with van der Waals surface area (Å²) in [5, 5.41) is 0.371. The minimum Gasteiger partial charge on any atom is -0.501 e. The van der Waals surface area contributed by atoms with Gasteiger partial charge in [-0.3, -0.25) is 0 Å². The number of methoxy groups -OCH3 is 1. The van der Waals surface area contributed by atoms with Crippen LogP contribution < -0.4 is 0 Å². The van der Waals surface area contributed by atoms with Gasteiger partial charge in [-0.2, -0.15) is 13.2 Å². The molecule has 200 valence electrons. The molecule has 0 N–H and O–H groups in total. The molecule has 1 aromatic carbocycles. The van der Waals surface area contributed by atoms with E-state index in [9.17, 15) is 13.2 Å². The Labute approximate surface area is 217 Å². The van der Waals surface area contributed by atoms with Crippen molar-refractivity contribution in [1.82, 2.24) is 0 Å². The van der Waals surface area contributed by atoms with Crippen LogP contribution in [0, 0.1) is 0 Å². The zero-order valence-electron chi connectivity index (χ0n) is 22.7. The van der Waals surface area contributed by atoms with Gasteiger partial charge in [0.1, 0.15) is 0 Å². The molecule has 0 aromatic heterocycles. The van der Waals surface area contributed by atoms with Crippen LogP contribution in [0.5, 0.6) is 0 Å². The van der Waals surface area contributed by atoms with E-state index in [1.807, 2.05) is 33.8 Å². The topological polar surface area (TPSA) is 9.23 Å². The van der Waals surface area contributed by atoms with Crippen molar-refractivity contribution in [1.29, 1.82) is 0 Å². The normalized spacial score (nSPS) is 15.8. The Balaban J connectivity index is 0.000000625. The zero-order chi connectivity index (χ0) is 26.9. The highest BCUT2D eigenvalue weighted by atomic mass is 35.5. The number of ether oxygens (including phenoxy) is 1. The predicted octanol–water partition coefficient (Wildman–Crippen LogP) is 11.6. The van der Waals surface area contributed by atoms with E-state index in [0.717, 1.165) is 49.8 Å². The second kappa shape index (κ2) is 18.6. The Morgan fingerprint density at radius 3 is 2.23 bits per heavy atom. The van der Waals surface area contributed by atoms with Gasteiger partial charge < -0.3 is 4.74 Å². The minimum absolute atomic E-state index is 0.371. The van der Waals surface area contributed by atoms with Crippen LogP contribution in [0.1, 0.15) is 116 Å². The third kappa shape index (κ3) is 12.2. The molecule has 0 unspecified atom stereocenters. The first kappa shape index (κ1) is 33.3. The van der Waals surface area contributed by atoms with Crippen molar-refractivity contribution in [3.05, 3.63) is 63.9 Å². The molecule has 35 heavy (non-hydrogen) atoms. The Hall–Kier alpha value is -1.68. The van der Waals surface area contributed by atoms with Crippen LogP contribution in [0.4, 0.5) is 13.2 Å². The Morgan fingerprint density at radius 2 is 1.69 bits per heavy atom. The summed E-state index contributed by atoms with van der Waals surface area (Å²) in [6.45, 7) is 14.4. The molecule has 0 heterocycles. The van der Waals surface area contributed by atoms with Crippen molar-refractivity contribution in [2.24, 2.45) is 0 Å². The molecule has 0 atom stereocenters. The molecule has 5 heteroatoms. The molecule has 1 aromatic rings. The molecule has 1 saturated carbocycles. The maximum absolute atomic E-state index is 12.7. The molecular weight excluding hydrogens is 469 g/mol. The molecule has 1 fully saturated rings. The van der Waals surface area contributed by atoms with Crippen molar-refractivity contribution in [3.8, 4) is 0 Å². The SMILES string of the molecule is C=C1CCCCC/C1=C(\CCCC)OC.CC.CC/C=C(\CCC)c1cc(C(F)(F)F)ccc1Cl. The highest BCUT2D eigenvalue weighted by Crippen LogP contribution is 2.35. The molecule has 2 rings (SSSR count). The lowest BCUT2D eigenvalue weighted by Crippen LogP contribution is -2.05. The zero-order valence-corrected chi connectivity index (χ0v) is 23.5. The first-order valence-corrected chi connectivity index (χ1v) is 13.6. The van der Waals surface area contributed by atoms with Crippen LogP contribution in [-0.2, 0) is 10.9 Å². The number of hydrogen-bond acceptors (Lipinski definition) is 1. The van der Waals surface area contributed by atoms with Crippen LogP contribution in [0.15, 0.2) is 47.8 Å². The number of unbranched alkanes of at least 4 members (excludes halogenated alkanes) is 1.